The fourth-order valence-electron chi connectivity index (χ4n) is 3.68. The zero-order chi connectivity index (χ0) is 17.4. The highest BCUT2D eigenvalue weighted by Gasteiger charge is 2.23. The lowest BCUT2D eigenvalue weighted by atomic mass is 9.97. The van der Waals surface area contributed by atoms with Crippen molar-refractivity contribution in [2.24, 2.45) is 0 Å². The molecule has 0 unspecified atom stereocenters. The van der Waals surface area contributed by atoms with Crippen LogP contribution in [-0.4, -0.2) is 18.6 Å². The third kappa shape index (κ3) is 2.49. The predicted molar refractivity (Wildman–Crippen MR) is 99.5 cm³/mol. The summed E-state index contributed by atoms with van der Waals surface area (Å²) >= 11 is 0. The first-order valence-electron chi connectivity index (χ1n) is 8.46. The minimum absolute atomic E-state index is 0.592. The van der Waals surface area contributed by atoms with Gasteiger partial charge in [0.2, 0.25) is 0 Å². The molecular formula is C21H19N3O. The van der Waals surface area contributed by atoms with E-state index in [0.717, 1.165) is 41.7 Å². The average molecular weight is 329 g/mol. The Kier molecular flexibility index (Phi) is 3.77. The van der Waals surface area contributed by atoms with Gasteiger partial charge in [0.15, 0.2) is 0 Å². The van der Waals surface area contributed by atoms with Crippen molar-refractivity contribution in [1.82, 2.24) is 4.98 Å². The van der Waals surface area contributed by atoms with Crippen molar-refractivity contribution >= 4 is 22.3 Å². The number of hydrogen-bond acceptors (Lipinski definition) is 4. The highest BCUT2D eigenvalue weighted by Crippen LogP contribution is 2.40. The van der Waals surface area contributed by atoms with Crippen LogP contribution in [0.3, 0.4) is 0 Å². The summed E-state index contributed by atoms with van der Waals surface area (Å²) in [5.74, 6) is 0.726. The highest BCUT2D eigenvalue weighted by molar-refractivity contribution is 5.99. The van der Waals surface area contributed by atoms with Crippen molar-refractivity contribution in [3.8, 4) is 11.8 Å². The molecule has 0 saturated heterocycles. The number of fused-ring (bicyclic) bond motifs is 2. The molecule has 124 valence electrons. The second kappa shape index (κ2) is 6.10. The van der Waals surface area contributed by atoms with Gasteiger partial charge >= 0.3 is 0 Å². The van der Waals surface area contributed by atoms with Gasteiger partial charge in [-0.05, 0) is 37.5 Å². The maximum absolute atomic E-state index is 9.68. The van der Waals surface area contributed by atoms with Crippen LogP contribution in [0.4, 0.5) is 11.4 Å². The number of ether oxygens (including phenoxy) is 1. The summed E-state index contributed by atoms with van der Waals surface area (Å²) in [4.78, 5) is 6.74. The van der Waals surface area contributed by atoms with Gasteiger partial charge in [-0.1, -0.05) is 29.8 Å². The normalized spacial score (nSPS) is 13.4. The summed E-state index contributed by atoms with van der Waals surface area (Å²) in [6, 6.07) is 14.7. The van der Waals surface area contributed by atoms with E-state index in [1.54, 1.807) is 13.3 Å². The highest BCUT2D eigenvalue weighted by atomic mass is 16.5. The van der Waals surface area contributed by atoms with Crippen LogP contribution in [0.1, 0.15) is 23.1 Å². The quantitative estimate of drug-likeness (QED) is 0.694. The number of rotatable bonds is 2. The van der Waals surface area contributed by atoms with E-state index in [2.05, 4.69) is 41.1 Å². The summed E-state index contributed by atoms with van der Waals surface area (Å²) in [6.07, 6.45) is 3.79. The SMILES string of the molecule is COc1cccc2c(N3CCCc4cc(C)ccc43)c(C#N)cnc12. The first-order valence-corrected chi connectivity index (χ1v) is 8.46. The fraction of sp³-hybridized carbons (Fsp3) is 0.238. The molecule has 1 aromatic heterocycles. The van der Waals surface area contributed by atoms with Crippen LogP contribution in [0.25, 0.3) is 10.9 Å². The molecule has 0 bridgehead atoms. The van der Waals surface area contributed by atoms with Gasteiger partial charge in [0.25, 0.3) is 0 Å². The molecule has 4 nitrogen and oxygen atoms in total. The fourth-order valence-corrected chi connectivity index (χ4v) is 3.68. The van der Waals surface area contributed by atoms with E-state index >= 15 is 0 Å². The van der Waals surface area contributed by atoms with Crippen LogP contribution < -0.4 is 9.64 Å². The maximum atomic E-state index is 9.68. The first kappa shape index (κ1) is 15.5. The molecule has 3 aromatic rings. The number of nitriles is 1. The molecule has 2 heterocycles. The van der Waals surface area contributed by atoms with Gasteiger partial charge in [-0.15, -0.1) is 0 Å². The largest absolute Gasteiger partial charge is 0.494 e. The standard InChI is InChI=1S/C21H19N3O/c1-14-8-9-18-15(11-14)5-4-10-24(18)21-16(12-22)13-23-20-17(21)6-3-7-19(20)25-2/h3,6-9,11,13H,4-5,10H2,1-2H3. The van der Waals surface area contributed by atoms with Gasteiger partial charge in [0.05, 0.1) is 18.4 Å². The molecule has 2 aromatic carbocycles. The monoisotopic (exact) mass is 329 g/mol. The van der Waals surface area contributed by atoms with Crippen molar-refractivity contribution in [3.05, 3.63) is 59.3 Å². The Morgan fingerprint density at radius 2 is 2.12 bits per heavy atom. The van der Waals surface area contributed by atoms with Crippen molar-refractivity contribution in [1.29, 1.82) is 5.26 Å². The van der Waals surface area contributed by atoms with Gasteiger partial charge in [0, 0.05) is 23.8 Å². The molecule has 0 fully saturated rings. The Morgan fingerprint density at radius 3 is 2.92 bits per heavy atom. The third-order valence-corrected chi connectivity index (χ3v) is 4.80. The summed E-state index contributed by atoms with van der Waals surface area (Å²) < 4.78 is 5.46. The Hall–Kier alpha value is -3.06. The Labute approximate surface area is 147 Å². The van der Waals surface area contributed by atoms with E-state index in [1.807, 2.05) is 18.2 Å². The molecule has 0 amide bonds. The molecule has 0 atom stereocenters. The second-order valence-electron chi connectivity index (χ2n) is 6.38. The summed E-state index contributed by atoms with van der Waals surface area (Å²) in [5.41, 5.74) is 6.10. The molecule has 0 N–H and O–H groups in total. The Bertz CT molecular complexity index is 1000. The van der Waals surface area contributed by atoms with Crippen LogP contribution >= 0.6 is 0 Å². The first-order chi connectivity index (χ1) is 12.2. The number of nitrogens with zero attached hydrogens (tertiary/aromatic N) is 3. The van der Waals surface area contributed by atoms with E-state index in [9.17, 15) is 5.26 Å². The van der Waals surface area contributed by atoms with Gasteiger partial charge < -0.3 is 9.64 Å². The summed E-state index contributed by atoms with van der Waals surface area (Å²) in [7, 11) is 1.65. The van der Waals surface area contributed by atoms with Crippen molar-refractivity contribution in [2.45, 2.75) is 19.8 Å². The Morgan fingerprint density at radius 1 is 1.24 bits per heavy atom. The van der Waals surface area contributed by atoms with E-state index in [4.69, 9.17) is 4.74 Å². The lowest BCUT2D eigenvalue weighted by molar-refractivity contribution is 0.419. The van der Waals surface area contributed by atoms with Crippen LogP contribution in [-0.2, 0) is 6.42 Å². The maximum Gasteiger partial charge on any atom is 0.145 e. The third-order valence-electron chi connectivity index (χ3n) is 4.80. The van der Waals surface area contributed by atoms with E-state index < -0.39 is 0 Å². The second-order valence-corrected chi connectivity index (χ2v) is 6.38. The van der Waals surface area contributed by atoms with E-state index in [-0.39, 0.29) is 0 Å². The van der Waals surface area contributed by atoms with Gasteiger partial charge in [-0.2, -0.15) is 5.26 Å². The van der Waals surface area contributed by atoms with Crippen molar-refractivity contribution in [2.75, 3.05) is 18.6 Å². The molecule has 1 aliphatic heterocycles. The van der Waals surface area contributed by atoms with E-state index in [0.29, 0.717) is 5.56 Å². The number of para-hydroxylation sites is 1. The molecule has 1 aliphatic rings. The zero-order valence-electron chi connectivity index (χ0n) is 14.4. The predicted octanol–water partition coefficient (Wildman–Crippen LogP) is 4.51. The molecule has 4 heteroatoms. The molecule has 4 rings (SSSR count). The molecule has 0 aliphatic carbocycles. The molecular weight excluding hydrogens is 310 g/mol. The van der Waals surface area contributed by atoms with Crippen molar-refractivity contribution in [3.63, 3.8) is 0 Å². The Balaban J connectivity index is 2.00. The molecule has 0 saturated carbocycles. The van der Waals surface area contributed by atoms with Crippen LogP contribution in [0.2, 0.25) is 0 Å². The number of methoxy groups -OCH3 is 1. The zero-order valence-corrected chi connectivity index (χ0v) is 14.4. The number of hydrogen-bond donors (Lipinski definition) is 0. The number of anilines is 2. The number of aromatic nitrogens is 1. The van der Waals surface area contributed by atoms with Crippen molar-refractivity contribution < 1.29 is 4.74 Å². The lowest BCUT2D eigenvalue weighted by Crippen LogP contribution is -2.25. The van der Waals surface area contributed by atoms with Gasteiger partial charge in [-0.25, -0.2) is 0 Å². The smallest absolute Gasteiger partial charge is 0.145 e. The molecule has 0 radical (unpaired) electrons. The molecule has 0 spiro atoms. The van der Waals surface area contributed by atoms with Crippen LogP contribution in [0.5, 0.6) is 5.75 Å². The molecule has 25 heavy (non-hydrogen) atoms. The minimum Gasteiger partial charge on any atom is -0.494 e. The topological polar surface area (TPSA) is 49.1 Å². The summed E-state index contributed by atoms with van der Waals surface area (Å²) in [5, 5.41) is 10.6. The van der Waals surface area contributed by atoms with Crippen LogP contribution in [0.15, 0.2) is 42.6 Å². The van der Waals surface area contributed by atoms with Gasteiger partial charge in [0.1, 0.15) is 17.3 Å². The van der Waals surface area contributed by atoms with Gasteiger partial charge in [-0.3, -0.25) is 4.98 Å². The average Bonchev–Trinajstić information content (AvgIpc) is 2.65. The number of pyridine rings is 1. The lowest BCUT2D eigenvalue weighted by Gasteiger charge is -2.33. The van der Waals surface area contributed by atoms with Crippen LogP contribution in [0, 0.1) is 18.3 Å². The summed E-state index contributed by atoms with van der Waals surface area (Å²) in [6.45, 7) is 3.01. The number of aryl methyl sites for hydroxylation is 2. The minimum atomic E-state index is 0.592. The number of benzene rings is 2. The van der Waals surface area contributed by atoms with E-state index in [1.165, 1.54) is 16.8 Å².